The van der Waals surface area contributed by atoms with Gasteiger partial charge in [0, 0.05) is 50.9 Å². The van der Waals surface area contributed by atoms with Gasteiger partial charge in [-0.2, -0.15) is 0 Å². The number of likely N-dealkylation sites (N-methyl/N-ethyl adjacent to an activating group) is 1. The molecule has 0 aromatic heterocycles. The molecule has 2 fully saturated rings. The predicted molar refractivity (Wildman–Crippen MR) is 93.6 cm³/mol. The molecule has 0 N–H and O–H groups in total. The Kier molecular flexibility index (Phi) is 5.51. The zero-order valence-corrected chi connectivity index (χ0v) is 14.7. The maximum absolute atomic E-state index is 13.3. The molecule has 0 spiro atoms. The van der Waals surface area contributed by atoms with Crippen molar-refractivity contribution in [2.45, 2.75) is 25.8 Å². The first-order chi connectivity index (χ1) is 11.5. The summed E-state index contributed by atoms with van der Waals surface area (Å²) in [5.41, 5.74) is 0.459. The third kappa shape index (κ3) is 4.14. The molecule has 2 saturated heterocycles. The summed E-state index contributed by atoms with van der Waals surface area (Å²) in [6.45, 7) is 8.41. The van der Waals surface area contributed by atoms with Crippen LogP contribution in [0.5, 0.6) is 0 Å². The van der Waals surface area contributed by atoms with Gasteiger partial charge in [-0.1, -0.05) is 6.07 Å². The lowest BCUT2D eigenvalue weighted by Gasteiger charge is -2.41. The van der Waals surface area contributed by atoms with E-state index in [9.17, 15) is 9.18 Å². The number of halogens is 1. The van der Waals surface area contributed by atoms with Gasteiger partial charge in [0.25, 0.3) is 5.91 Å². The quantitative estimate of drug-likeness (QED) is 0.849. The summed E-state index contributed by atoms with van der Waals surface area (Å²) >= 11 is 0. The molecule has 2 aliphatic rings. The highest BCUT2D eigenvalue weighted by molar-refractivity contribution is 5.94. The third-order valence-corrected chi connectivity index (χ3v) is 5.43. The van der Waals surface area contributed by atoms with Crippen LogP contribution in [-0.4, -0.2) is 73.0 Å². The summed E-state index contributed by atoms with van der Waals surface area (Å²) in [5.74, 6) is 0.271. The number of likely N-dealkylation sites (tertiary alicyclic amines) is 1. The number of nitrogens with zero attached hydrogens (tertiary/aromatic N) is 3. The fraction of sp³-hybridized carbons (Fsp3) is 0.632. The van der Waals surface area contributed by atoms with E-state index in [0.717, 1.165) is 52.1 Å². The normalized spacial score (nSPS) is 24.3. The van der Waals surface area contributed by atoms with Gasteiger partial charge >= 0.3 is 0 Å². The fourth-order valence-electron chi connectivity index (χ4n) is 3.90. The number of hydrogen-bond acceptors (Lipinski definition) is 3. The van der Waals surface area contributed by atoms with Crippen molar-refractivity contribution in [1.29, 1.82) is 0 Å². The van der Waals surface area contributed by atoms with E-state index in [-0.39, 0.29) is 11.7 Å². The molecule has 4 nitrogen and oxygen atoms in total. The molecule has 24 heavy (non-hydrogen) atoms. The van der Waals surface area contributed by atoms with E-state index in [4.69, 9.17) is 0 Å². The number of hydrogen-bond donors (Lipinski definition) is 0. The van der Waals surface area contributed by atoms with Crippen LogP contribution in [0.15, 0.2) is 24.3 Å². The number of carbonyl (C=O) groups excluding carboxylic acids is 1. The summed E-state index contributed by atoms with van der Waals surface area (Å²) in [7, 11) is 2.18. The van der Waals surface area contributed by atoms with E-state index >= 15 is 0 Å². The van der Waals surface area contributed by atoms with Crippen molar-refractivity contribution in [2.24, 2.45) is 5.92 Å². The number of rotatable bonds is 3. The minimum atomic E-state index is -0.347. The van der Waals surface area contributed by atoms with Crippen molar-refractivity contribution in [3.63, 3.8) is 0 Å². The molecule has 0 radical (unpaired) electrons. The van der Waals surface area contributed by atoms with Crippen LogP contribution in [-0.2, 0) is 0 Å². The summed E-state index contributed by atoms with van der Waals surface area (Å²) in [6, 6.07) is 6.62. The van der Waals surface area contributed by atoms with Gasteiger partial charge in [0.15, 0.2) is 0 Å². The highest BCUT2D eigenvalue weighted by atomic mass is 19.1. The molecule has 132 valence electrons. The molecule has 2 aliphatic heterocycles. The number of amides is 1. The molecular formula is C19H28FN3O. The van der Waals surface area contributed by atoms with E-state index in [1.54, 1.807) is 12.1 Å². The molecule has 0 aliphatic carbocycles. The molecule has 1 atom stereocenters. The zero-order chi connectivity index (χ0) is 17.1. The lowest BCUT2D eigenvalue weighted by atomic mass is 9.94. The van der Waals surface area contributed by atoms with Gasteiger partial charge in [0.2, 0.25) is 0 Å². The summed E-state index contributed by atoms with van der Waals surface area (Å²) in [6.07, 6.45) is 2.08. The SMILES string of the molecule is C[C@@H]1CN(C)CCN1CC1CCN(C(=O)c2cccc(F)c2)CC1. The minimum absolute atomic E-state index is 0.0408. The summed E-state index contributed by atoms with van der Waals surface area (Å²) in [4.78, 5) is 19.3. The van der Waals surface area contributed by atoms with Gasteiger partial charge < -0.3 is 9.80 Å². The van der Waals surface area contributed by atoms with Crippen molar-refractivity contribution >= 4 is 5.91 Å². The molecule has 5 heteroatoms. The van der Waals surface area contributed by atoms with E-state index < -0.39 is 0 Å². The summed E-state index contributed by atoms with van der Waals surface area (Å²) in [5, 5.41) is 0. The average molecular weight is 333 g/mol. The topological polar surface area (TPSA) is 26.8 Å². The Morgan fingerprint density at radius 2 is 1.96 bits per heavy atom. The lowest BCUT2D eigenvalue weighted by molar-refractivity contribution is 0.0556. The first-order valence-electron chi connectivity index (χ1n) is 9.00. The van der Waals surface area contributed by atoms with Crippen LogP contribution < -0.4 is 0 Å². The monoisotopic (exact) mass is 333 g/mol. The average Bonchev–Trinajstić information content (AvgIpc) is 2.57. The van der Waals surface area contributed by atoms with Crippen LogP contribution in [0.2, 0.25) is 0 Å². The Morgan fingerprint density at radius 1 is 1.21 bits per heavy atom. The largest absolute Gasteiger partial charge is 0.339 e. The van der Waals surface area contributed by atoms with Crippen molar-refractivity contribution < 1.29 is 9.18 Å². The van der Waals surface area contributed by atoms with Crippen molar-refractivity contribution in [2.75, 3.05) is 46.3 Å². The highest BCUT2D eigenvalue weighted by Gasteiger charge is 2.28. The lowest BCUT2D eigenvalue weighted by Crippen LogP contribution is -2.52. The molecular weight excluding hydrogens is 305 g/mol. The van der Waals surface area contributed by atoms with E-state index in [2.05, 4.69) is 23.8 Å². The van der Waals surface area contributed by atoms with Crippen LogP contribution in [0.1, 0.15) is 30.1 Å². The maximum atomic E-state index is 13.3. The van der Waals surface area contributed by atoms with Crippen molar-refractivity contribution in [3.05, 3.63) is 35.6 Å². The molecule has 0 bridgehead atoms. The first-order valence-corrected chi connectivity index (χ1v) is 9.00. The molecule has 0 unspecified atom stereocenters. The Hall–Kier alpha value is -1.46. The van der Waals surface area contributed by atoms with Gasteiger partial charge in [-0.05, 0) is 50.9 Å². The predicted octanol–water partition coefficient (Wildman–Crippen LogP) is 2.31. The molecule has 2 heterocycles. The molecule has 1 amide bonds. The van der Waals surface area contributed by atoms with E-state index in [1.165, 1.54) is 12.1 Å². The second-order valence-corrected chi connectivity index (χ2v) is 7.35. The Bertz CT molecular complexity index is 571. The smallest absolute Gasteiger partial charge is 0.253 e. The third-order valence-electron chi connectivity index (χ3n) is 5.43. The maximum Gasteiger partial charge on any atom is 0.253 e. The minimum Gasteiger partial charge on any atom is -0.339 e. The standard InChI is InChI=1S/C19H28FN3O/c1-15-13-21(2)10-11-23(15)14-16-6-8-22(9-7-16)19(24)17-4-3-5-18(20)12-17/h3-5,12,15-16H,6-11,13-14H2,1-2H3/t15-/m1/s1. The fourth-order valence-corrected chi connectivity index (χ4v) is 3.90. The van der Waals surface area contributed by atoms with Crippen LogP contribution >= 0.6 is 0 Å². The van der Waals surface area contributed by atoms with Crippen molar-refractivity contribution in [1.82, 2.24) is 14.7 Å². The second-order valence-electron chi connectivity index (χ2n) is 7.35. The van der Waals surface area contributed by atoms with E-state index in [0.29, 0.717) is 17.5 Å². The van der Waals surface area contributed by atoms with Crippen molar-refractivity contribution in [3.8, 4) is 0 Å². The van der Waals surface area contributed by atoms with Gasteiger partial charge in [0.1, 0.15) is 5.82 Å². The zero-order valence-electron chi connectivity index (χ0n) is 14.7. The van der Waals surface area contributed by atoms with E-state index in [1.807, 2.05) is 4.90 Å². The Labute approximate surface area is 144 Å². The van der Waals surface area contributed by atoms with Crippen LogP contribution in [0.4, 0.5) is 4.39 Å². The van der Waals surface area contributed by atoms with Gasteiger partial charge in [-0.25, -0.2) is 4.39 Å². The number of piperidine rings is 1. The number of carbonyl (C=O) groups is 1. The van der Waals surface area contributed by atoms with Gasteiger partial charge in [0.05, 0.1) is 0 Å². The first kappa shape index (κ1) is 17.4. The van der Waals surface area contributed by atoms with Crippen LogP contribution in [0, 0.1) is 11.7 Å². The molecule has 1 aromatic carbocycles. The van der Waals surface area contributed by atoms with Crippen LogP contribution in [0.25, 0.3) is 0 Å². The number of piperazine rings is 1. The molecule has 0 saturated carbocycles. The Balaban J connectivity index is 1.50. The molecule has 1 aromatic rings. The highest BCUT2D eigenvalue weighted by Crippen LogP contribution is 2.22. The second kappa shape index (κ2) is 7.62. The molecule has 3 rings (SSSR count). The Morgan fingerprint density at radius 3 is 2.62 bits per heavy atom. The van der Waals surface area contributed by atoms with Gasteiger partial charge in [-0.3, -0.25) is 9.69 Å². The van der Waals surface area contributed by atoms with Crippen LogP contribution in [0.3, 0.4) is 0 Å². The van der Waals surface area contributed by atoms with Gasteiger partial charge in [-0.15, -0.1) is 0 Å². The summed E-state index contributed by atoms with van der Waals surface area (Å²) < 4.78 is 13.3. The number of benzene rings is 1.